The minimum atomic E-state index is 0.123. The molecule has 0 heterocycles. The van der Waals surface area contributed by atoms with Crippen molar-refractivity contribution < 1.29 is 9.90 Å². The first kappa shape index (κ1) is 13.6. The van der Waals surface area contributed by atoms with Crippen LogP contribution in [-0.2, 0) is 11.2 Å². The van der Waals surface area contributed by atoms with Crippen molar-refractivity contribution in [1.29, 1.82) is 0 Å². The van der Waals surface area contributed by atoms with Crippen molar-refractivity contribution in [1.82, 2.24) is 5.32 Å². The van der Waals surface area contributed by atoms with Gasteiger partial charge >= 0.3 is 0 Å². The molecule has 94 valence electrons. The first-order chi connectivity index (χ1) is 8.11. The maximum Gasteiger partial charge on any atom is 0.220 e. The zero-order valence-corrected chi connectivity index (χ0v) is 10.6. The van der Waals surface area contributed by atoms with Gasteiger partial charge in [0.25, 0.3) is 0 Å². The fraction of sp³-hybridized carbons (Fsp3) is 0.500. The molecule has 1 aromatic carbocycles. The second-order valence-electron chi connectivity index (χ2n) is 4.48. The van der Waals surface area contributed by atoms with Crippen molar-refractivity contribution >= 4 is 5.91 Å². The Labute approximate surface area is 103 Å². The molecule has 0 aliphatic carbocycles. The van der Waals surface area contributed by atoms with Gasteiger partial charge in [0.2, 0.25) is 5.91 Å². The predicted octanol–water partition coefficient (Wildman–Crippen LogP) is 2.49. The molecule has 1 unspecified atom stereocenters. The average Bonchev–Trinajstić information content (AvgIpc) is 2.31. The van der Waals surface area contributed by atoms with Crippen LogP contribution in [0.3, 0.4) is 0 Å². The highest BCUT2D eigenvalue weighted by Gasteiger charge is 2.06. The molecule has 0 aromatic heterocycles. The molecule has 2 N–H and O–H groups in total. The van der Waals surface area contributed by atoms with E-state index in [0.29, 0.717) is 18.9 Å². The van der Waals surface area contributed by atoms with E-state index in [0.717, 1.165) is 18.4 Å². The second kappa shape index (κ2) is 6.94. The van der Waals surface area contributed by atoms with Crippen LogP contribution in [0.4, 0.5) is 0 Å². The number of aromatic hydroxyl groups is 1. The first-order valence-corrected chi connectivity index (χ1v) is 6.16. The van der Waals surface area contributed by atoms with E-state index in [2.05, 4.69) is 19.2 Å². The molecule has 0 saturated carbocycles. The van der Waals surface area contributed by atoms with Crippen molar-refractivity contribution in [3.8, 4) is 5.75 Å². The molecular weight excluding hydrogens is 214 g/mol. The summed E-state index contributed by atoms with van der Waals surface area (Å²) in [5, 5.41) is 12.0. The SMILES string of the molecule is CCC(C)CC(=O)NCCc1ccc(O)cc1. The lowest BCUT2D eigenvalue weighted by atomic mass is 10.1. The van der Waals surface area contributed by atoms with Gasteiger partial charge < -0.3 is 10.4 Å². The Hall–Kier alpha value is -1.51. The van der Waals surface area contributed by atoms with Gasteiger partial charge in [-0.2, -0.15) is 0 Å². The van der Waals surface area contributed by atoms with Gasteiger partial charge in [-0.25, -0.2) is 0 Å². The number of phenols is 1. The summed E-state index contributed by atoms with van der Waals surface area (Å²) in [6, 6.07) is 7.07. The van der Waals surface area contributed by atoms with Gasteiger partial charge in [-0.15, -0.1) is 0 Å². The number of carbonyl (C=O) groups is 1. The van der Waals surface area contributed by atoms with Crippen LogP contribution in [0.25, 0.3) is 0 Å². The normalized spacial score (nSPS) is 12.1. The van der Waals surface area contributed by atoms with E-state index in [9.17, 15) is 4.79 Å². The first-order valence-electron chi connectivity index (χ1n) is 6.16. The minimum absolute atomic E-state index is 0.123. The molecule has 0 aliphatic rings. The van der Waals surface area contributed by atoms with Crippen LogP contribution in [0, 0.1) is 5.92 Å². The number of benzene rings is 1. The van der Waals surface area contributed by atoms with E-state index in [1.165, 1.54) is 0 Å². The summed E-state index contributed by atoms with van der Waals surface area (Å²) in [5.41, 5.74) is 1.12. The molecule has 0 fully saturated rings. The third kappa shape index (κ3) is 5.38. The summed E-state index contributed by atoms with van der Waals surface area (Å²) < 4.78 is 0. The summed E-state index contributed by atoms with van der Waals surface area (Å²) in [5.74, 6) is 0.844. The Bertz CT molecular complexity index is 346. The van der Waals surface area contributed by atoms with Crippen molar-refractivity contribution in [2.24, 2.45) is 5.92 Å². The molecule has 1 aromatic rings. The van der Waals surface area contributed by atoms with Crippen molar-refractivity contribution in [2.75, 3.05) is 6.54 Å². The number of hydrogen-bond acceptors (Lipinski definition) is 2. The Balaban J connectivity index is 2.23. The Morgan fingerprint density at radius 3 is 2.59 bits per heavy atom. The van der Waals surface area contributed by atoms with E-state index in [4.69, 9.17) is 5.11 Å². The van der Waals surface area contributed by atoms with Crippen LogP contribution in [0.1, 0.15) is 32.3 Å². The topological polar surface area (TPSA) is 49.3 Å². The molecule has 17 heavy (non-hydrogen) atoms. The molecule has 3 nitrogen and oxygen atoms in total. The fourth-order valence-corrected chi connectivity index (χ4v) is 1.54. The van der Waals surface area contributed by atoms with Crippen LogP contribution >= 0.6 is 0 Å². The average molecular weight is 235 g/mol. The lowest BCUT2D eigenvalue weighted by molar-refractivity contribution is -0.121. The number of hydrogen-bond donors (Lipinski definition) is 2. The van der Waals surface area contributed by atoms with E-state index in [1.54, 1.807) is 12.1 Å². The highest BCUT2D eigenvalue weighted by atomic mass is 16.3. The second-order valence-corrected chi connectivity index (χ2v) is 4.48. The van der Waals surface area contributed by atoms with Crippen molar-refractivity contribution in [2.45, 2.75) is 33.1 Å². The smallest absolute Gasteiger partial charge is 0.220 e. The lowest BCUT2D eigenvalue weighted by Crippen LogP contribution is -2.26. The summed E-state index contributed by atoms with van der Waals surface area (Å²) in [4.78, 5) is 11.5. The van der Waals surface area contributed by atoms with Gasteiger partial charge in [0.05, 0.1) is 0 Å². The highest BCUT2D eigenvalue weighted by Crippen LogP contribution is 2.10. The Kier molecular flexibility index (Phi) is 5.53. The minimum Gasteiger partial charge on any atom is -0.508 e. The van der Waals surface area contributed by atoms with Crippen molar-refractivity contribution in [3.05, 3.63) is 29.8 Å². The Morgan fingerprint density at radius 1 is 1.35 bits per heavy atom. The number of amides is 1. The molecule has 0 bridgehead atoms. The maximum absolute atomic E-state index is 11.5. The number of carbonyl (C=O) groups excluding carboxylic acids is 1. The molecule has 1 atom stereocenters. The van der Waals surface area contributed by atoms with E-state index in [-0.39, 0.29) is 11.7 Å². The third-order valence-corrected chi connectivity index (χ3v) is 2.90. The molecule has 0 aliphatic heterocycles. The van der Waals surface area contributed by atoms with E-state index < -0.39 is 0 Å². The van der Waals surface area contributed by atoms with Gasteiger partial charge in [-0.05, 0) is 30.0 Å². The summed E-state index contributed by atoms with van der Waals surface area (Å²) in [6.45, 7) is 4.83. The molecule has 1 amide bonds. The Morgan fingerprint density at radius 2 is 2.00 bits per heavy atom. The van der Waals surface area contributed by atoms with E-state index in [1.807, 2.05) is 12.1 Å². The molecule has 0 saturated heterocycles. The molecular formula is C14H21NO2. The van der Waals surface area contributed by atoms with Crippen LogP contribution in [0.5, 0.6) is 5.75 Å². The number of nitrogens with one attached hydrogen (secondary N) is 1. The number of phenolic OH excluding ortho intramolecular Hbond substituents is 1. The quantitative estimate of drug-likeness (QED) is 0.796. The van der Waals surface area contributed by atoms with Crippen LogP contribution in [0.15, 0.2) is 24.3 Å². The molecule has 0 spiro atoms. The van der Waals surface area contributed by atoms with Gasteiger partial charge in [0.1, 0.15) is 5.75 Å². The third-order valence-electron chi connectivity index (χ3n) is 2.90. The summed E-state index contributed by atoms with van der Waals surface area (Å²) >= 11 is 0. The monoisotopic (exact) mass is 235 g/mol. The summed E-state index contributed by atoms with van der Waals surface area (Å²) in [6.07, 6.45) is 2.43. The standard InChI is InChI=1S/C14H21NO2/c1-3-11(2)10-14(17)15-9-8-12-4-6-13(16)7-5-12/h4-7,11,16H,3,8-10H2,1-2H3,(H,15,17). The van der Waals surface area contributed by atoms with Crippen LogP contribution in [-0.4, -0.2) is 17.6 Å². The predicted molar refractivity (Wildman–Crippen MR) is 68.9 cm³/mol. The molecule has 1 rings (SSSR count). The summed E-state index contributed by atoms with van der Waals surface area (Å²) in [7, 11) is 0. The van der Waals surface area contributed by atoms with E-state index >= 15 is 0 Å². The largest absolute Gasteiger partial charge is 0.508 e. The van der Waals surface area contributed by atoms with Gasteiger partial charge in [-0.3, -0.25) is 4.79 Å². The van der Waals surface area contributed by atoms with Gasteiger partial charge in [-0.1, -0.05) is 32.4 Å². The fourth-order valence-electron chi connectivity index (χ4n) is 1.54. The molecule has 3 heteroatoms. The zero-order chi connectivity index (χ0) is 12.7. The van der Waals surface area contributed by atoms with Gasteiger partial charge in [0, 0.05) is 13.0 Å². The lowest BCUT2D eigenvalue weighted by Gasteiger charge is -2.09. The maximum atomic E-state index is 11.5. The van der Waals surface area contributed by atoms with Gasteiger partial charge in [0.15, 0.2) is 0 Å². The zero-order valence-electron chi connectivity index (χ0n) is 10.6. The van der Waals surface area contributed by atoms with Crippen LogP contribution in [0.2, 0.25) is 0 Å². The van der Waals surface area contributed by atoms with Crippen LogP contribution < -0.4 is 5.32 Å². The molecule has 0 radical (unpaired) electrons. The van der Waals surface area contributed by atoms with Crippen molar-refractivity contribution in [3.63, 3.8) is 0 Å². The highest BCUT2D eigenvalue weighted by molar-refractivity contribution is 5.76. The number of rotatable bonds is 6.